The van der Waals surface area contributed by atoms with Gasteiger partial charge in [-0.1, -0.05) is 84.0 Å². The number of unbranched alkanes of at least 4 members (excludes halogenated alkanes) is 12. The molecule has 6 heteroatoms. The summed E-state index contributed by atoms with van der Waals surface area (Å²) in [5.74, 6) is -0.222. The molecule has 1 radical (unpaired) electrons. The third-order valence-electron chi connectivity index (χ3n) is 4.63. The van der Waals surface area contributed by atoms with Crippen molar-refractivity contribution in [3.8, 4) is 0 Å². The van der Waals surface area contributed by atoms with Gasteiger partial charge in [0.1, 0.15) is 6.04 Å². The molecule has 0 aromatic carbocycles. The van der Waals surface area contributed by atoms with Crippen LogP contribution in [-0.2, 0) is 14.3 Å². The fraction of sp³-hybridized carbons (Fsp3) is 0.905. The predicted molar refractivity (Wildman–Crippen MR) is 118 cm³/mol. The van der Waals surface area contributed by atoms with Gasteiger partial charge in [-0.15, -0.1) is 0 Å². The molecule has 0 aliphatic carbocycles. The summed E-state index contributed by atoms with van der Waals surface area (Å²) in [7, 11) is 0. The Hall–Kier alpha value is 0.450. The van der Waals surface area contributed by atoms with E-state index in [0.29, 0.717) is 12.8 Å². The topological polar surface area (TPSA) is 69.4 Å². The SMILES string of the molecule is CCCCCCCCCCCCCCCC(=O)OC(=O)[C@@H](N)CCSC.[Na]. The second kappa shape index (κ2) is 22.7. The van der Waals surface area contributed by atoms with Crippen molar-refractivity contribution in [2.45, 2.75) is 109 Å². The largest absolute Gasteiger partial charge is 0.392 e. The first kappa shape index (κ1) is 29.6. The van der Waals surface area contributed by atoms with Crippen molar-refractivity contribution in [1.29, 1.82) is 0 Å². The van der Waals surface area contributed by atoms with Crippen LogP contribution in [0, 0.1) is 0 Å². The van der Waals surface area contributed by atoms with Gasteiger partial charge in [0, 0.05) is 36.0 Å². The number of hydrogen-bond donors (Lipinski definition) is 1. The van der Waals surface area contributed by atoms with Crippen LogP contribution in [0.4, 0.5) is 0 Å². The van der Waals surface area contributed by atoms with E-state index in [2.05, 4.69) is 6.92 Å². The van der Waals surface area contributed by atoms with Crippen LogP contribution >= 0.6 is 11.8 Å². The number of carbonyl (C=O) groups excluding carboxylic acids is 2. The van der Waals surface area contributed by atoms with Crippen LogP contribution in [-0.4, -0.2) is 59.5 Å². The second-order valence-corrected chi connectivity index (χ2v) is 8.16. The molecule has 0 saturated carbocycles. The Labute approximate surface area is 193 Å². The summed E-state index contributed by atoms with van der Waals surface area (Å²) in [4.78, 5) is 23.2. The van der Waals surface area contributed by atoms with E-state index in [0.717, 1.165) is 25.0 Å². The molecule has 0 aliphatic heterocycles. The predicted octanol–water partition coefficient (Wildman–Crippen LogP) is 5.24. The van der Waals surface area contributed by atoms with Crippen molar-refractivity contribution < 1.29 is 14.3 Å². The number of ether oxygens (including phenoxy) is 1. The van der Waals surface area contributed by atoms with Gasteiger partial charge in [0.05, 0.1) is 0 Å². The molecular formula is C21H41NNaO3S. The van der Waals surface area contributed by atoms with Crippen LogP contribution < -0.4 is 5.73 Å². The number of nitrogens with two attached hydrogens (primary N) is 1. The molecule has 0 unspecified atom stereocenters. The summed E-state index contributed by atoms with van der Waals surface area (Å²) < 4.78 is 4.80. The van der Waals surface area contributed by atoms with Crippen LogP contribution in [0.3, 0.4) is 0 Å². The molecule has 2 N–H and O–H groups in total. The molecule has 0 bridgehead atoms. The van der Waals surface area contributed by atoms with Crippen LogP contribution in [0.1, 0.15) is 103 Å². The minimum Gasteiger partial charge on any atom is -0.392 e. The first-order valence-corrected chi connectivity index (χ1v) is 12.0. The molecule has 0 amide bonds. The van der Waals surface area contributed by atoms with Gasteiger partial charge in [-0.05, 0) is 24.9 Å². The molecule has 27 heavy (non-hydrogen) atoms. The summed E-state index contributed by atoms with van der Waals surface area (Å²) in [6.45, 7) is 2.26. The number of hydrogen-bond acceptors (Lipinski definition) is 5. The third kappa shape index (κ3) is 21.0. The number of carbonyl (C=O) groups is 2. The minimum atomic E-state index is -0.682. The molecular weight excluding hydrogens is 369 g/mol. The molecule has 155 valence electrons. The standard InChI is InChI=1S/C21H41NO3S.Na/c1-3-4-5-6-7-8-9-10-11-12-13-14-15-16-20(23)25-21(24)19(22)17-18-26-2;/h19H,3-18,22H2,1-2H3;/t19-;/m0./s1. The summed E-state index contributed by atoms with van der Waals surface area (Å²) in [6, 6.07) is -0.682. The first-order valence-electron chi connectivity index (χ1n) is 10.6. The zero-order chi connectivity index (χ0) is 19.5. The molecule has 0 aromatic rings. The van der Waals surface area contributed by atoms with Gasteiger partial charge in [-0.25, -0.2) is 4.79 Å². The van der Waals surface area contributed by atoms with E-state index in [4.69, 9.17) is 10.5 Å². The molecule has 4 nitrogen and oxygen atoms in total. The summed E-state index contributed by atoms with van der Waals surface area (Å²) in [5, 5.41) is 0. The number of esters is 2. The summed E-state index contributed by atoms with van der Waals surface area (Å²) in [5.41, 5.74) is 5.69. The Kier molecular flexibility index (Phi) is 25.0. The Morgan fingerprint density at radius 1 is 0.852 bits per heavy atom. The third-order valence-corrected chi connectivity index (χ3v) is 5.28. The molecule has 0 aliphatic rings. The van der Waals surface area contributed by atoms with Crippen LogP contribution in [0.25, 0.3) is 0 Å². The van der Waals surface area contributed by atoms with E-state index in [1.54, 1.807) is 11.8 Å². The van der Waals surface area contributed by atoms with Gasteiger partial charge in [-0.2, -0.15) is 11.8 Å². The normalized spacial score (nSPS) is 11.7. The molecule has 1 atom stereocenters. The maximum Gasteiger partial charge on any atom is 0.330 e. The van der Waals surface area contributed by atoms with Gasteiger partial charge >= 0.3 is 11.9 Å². The smallest absolute Gasteiger partial charge is 0.330 e. The van der Waals surface area contributed by atoms with E-state index in [1.807, 2.05) is 6.26 Å². The Balaban J connectivity index is 0. The van der Waals surface area contributed by atoms with Gasteiger partial charge < -0.3 is 10.5 Å². The molecule has 0 heterocycles. The maximum absolute atomic E-state index is 11.6. The van der Waals surface area contributed by atoms with Gasteiger partial charge in [0.2, 0.25) is 0 Å². The van der Waals surface area contributed by atoms with E-state index in [1.165, 1.54) is 64.2 Å². The van der Waals surface area contributed by atoms with Crippen LogP contribution in [0.2, 0.25) is 0 Å². The number of rotatable bonds is 18. The van der Waals surface area contributed by atoms with Gasteiger partial charge in [-0.3, -0.25) is 4.79 Å². The molecule has 0 rings (SSSR count). The Morgan fingerprint density at radius 3 is 1.74 bits per heavy atom. The zero-order valence-corrected chi connectivity index (χ0v) is 20.9. The number of thioether (sulfide) groups is 1. The zero-order valence-electron chi connectivity index (χ0n) is 18.1. The average molecular weight is 411 g/mol. The van der Waals surface area contributed by atoms with Crippen molar-refractivity contribution in [2.75, 3.05) is 12.0 Å². The van der Waals surface area contributed by atoms with Gasteiger partial charge in [0.25, 0.3) is 0 Å². The van der Waals surface area contributed by atoms with Crippen molar-refractivity contribution in [1.82, 2.24) is 0 Å². The second-order valence-electron chi connectivity index (χ2n) is 7.17. The average Bonchev–Trinajstić information content (AvgIpc) is 2.63. The van der Waals surface area contributed by atoms with Crippen molar-refractivity contribution in [3.05, 3.63) is 0 Å². The van der Waals surface area contributed by atoms with E-state index in [9.17, 15) is 9.59 Å². The van der Waals surface area contributed by atoms with Crippen LogP contribution in [0.15, 0.2) is 0 Å². The Morgan fingerprint density at radius 2 is 1.30 bits per heavy atom. The van der Waals surface area contributed by atoms with Crippen LogP contribution in [0.5, 0.6) is 0 Å². The van der Waals surface area contributed by atoms with Crippen molar-refractivity contribution in [3.63, 3.8) is 0 Å². The van der Waals surface area contributed by atoms with Crippen molar-refractivity contribution in [2.24, 2.45) is 5.73 Å². The minimum absolute atomic E-state index is 0. The molecule has 0 spiro atoms. The Bertz CT molecular complexity index is 356. The van der Waals surface area contributed by atoms with E-state index < -0.39 is 18.0 Å². The fourth-order valence-electron chi connectivity index (χ4n) is 2.89. The fourth-order valence-corrected chi connectivity index (χ4v) is 3.38. The van der Waals surface area contributed by atoms with E-state index >= 15 is 0 Å². The molecule has 0 saturated heterocycles. The summed E-state index contributed by atoms with van der Waals surface area (Å²) >= 11 is 1.62. The van der Waals surface area contributed by atoms with Crippen molar-refractivity contribution >= 4 is 53.3 Å². The monoisotopic (exact) mass is 410 g/mol. The summed E-state index contributed by atoms with van der Waals surface area (Å²) in [6.07, 6.45) is 19.3. The quantitative estimate of drug-likeness (QED) is 0.145. The maximum atomic E-state index is 11.6. The first-order chi connectivity index (χ1) is 12.6. The van der Waals surface area contributed by atoms with E-state index in [-0.39, 0.29) is 29.6 Å². The van der Waals surface area contributed by atoms with Gasteiger partial charge in [0.15, 0.2) is 0 Å². The molecule has 0 aromatic heterocycles. The molecule has 0 fully saturated rings.